The zero-order valence-corrected chi connectivity index (χ0v) is 13.3. The molecule has 0 aromatic heterocycles. The summed E-state index contributed by atoms with van der Waals surface area (Å²) in [4.78, 5) is 25.0. The van der Waals surface area contributed by atoms with Crippen molar-refractivity contribution in [1.82, 2.24) is 15.5 Å². The highest BCUT2D eigenvalue weighted by atomic mass is 16.2. The summed E-state index contributed by atoms with van der Waals surface area (Å²) in [6.07, 6.45) is 2.13. The van der Waals surface area contributed by atoms with Crippen LogP contribution in [0.3, 0.4) is 0 Å². The van der Waals surface area contributed by atoms with Crippen molar-refractivity contribution in [2.45, 2.75) is 38.1 Å². The van der Waals surface area contributed by atoms with Gasteiger partial charge in [-0.3, -0.25) is 4.79 Å². The number of carbonyl (C=O) groups excluding carboxylic acids is 2. The zero-order valence-electron chi connectivity index (χ0n) is 13.3. The molecular weight excluding hydrogens is 278 g/mol. The molecule has 1 aromatic carbocycles. The Balaban J connectivity index is 1.67. The fourth-order valence-electron chi connectivity index (χ4n) is 2.72. The summed E-state index contributed by atoms with van der Waals surface area (Å²) in [5.74, 6) is 0.565. The van der Waals surface area contributed by atoms with Crippen LogP contribution in [0, 0.1) is 0 Å². The average Bonchev–Trinajstić information content (AvgIpc) is 2.51. The maximum atomic E-state index is 11.9. The Morgan fingerprint density at radius 1 is 1.36 bits per heavy atom. The number of rotatable bonds is 5. The van der Waals surface area contributed by atoms with Gasteiger partial charge in [0.05, 0.1) is 0 Å². The molecule has 1 aliphatic heterocycles. The zero-order chi connectivity index (χ0) is 15.9. The van der Waals surface area contributed by atoms with Crippen LogP contribution >= 0.6 is 0 Å². The average molecular weight is 303 g/mol. The summed E-state index contributed by atoms with van der Waals surface area (Å²) in [5, 5.41) is 5.84. The molecule has 3 amide bonds. The molecule has 2 N–H and O–H groups in total. The number of likely N-dealkylation sites (N-methyl/N-ethyl adjacent to an activating group) is 1. The largest absolute Gasteiger partial charge is 0.344 e. The molecule has 22 heavy (non-hydrogen) atoms. The lowest BCUT2D eigenvalue weighted by Crippen LogP contribution is -2.51. The van der Waals surface area contributed by atoms with Crippen LogP contribution in [0.5, 0.6) is 0 Å². The highest BCUT2D eigenvalue weighted by Crippen LogP contribution is 2.17. The van der Waals surface area contributed by atoms with Crippen molar-refractivity contribution in [3.05, 3.63) is 35.9 Å². The lowest BCUT2D eigenvalue weighted by molar-refractivity contribution is -0.132. The maximum absolute atomic E-state index is 11.9. The molecule has 0 radical (unpaired) electrons. The van der Waals surface area contributed by atoms with Gasteiger partial charge in [-0.1, -0.05) is 37.3 Å². The lowest BCUT2D eigenvalue weighted by Gasteiger charge is -2.30. The van der Waals surface area contributed by atoms with Gasteiger partial charge in [-0.05, 0) is 24.3 Å². The minimum Gasteiger partial charge on any atom is -0.344 e. The van der Waals surface area contributed by atoms with Gasteiger partial charge >= 0.3 is 6.03 Å². The molecule has 1 saturated heterocycles. The SMILES string of the molecule is C[C@@H](CCNC(=O)N[C@H]1CCC(=O)N(C)C1)c1ccccc1. The van der Waals surface area contributed by atoms with Crippen LogP contribution < -0.4 is 10.6 Å². The quantitative estimate of drug-likeness (QED) is 0.875. The van der Waals surface area contributed by atoms with E-state index in [1.807, 2.05) is 18.2 Å². The number of carbonyl (C=O) groups is 2. The third-order valence-electron chi connectivity index (χ3n) is 4.19. The molecule has 2 rings (SSSR count). The standard InChI is InChI=1S/C17H25N3O2/c1-13(14-6-4-3-5-7-14)10-11-18-17(22)19-15-8-9-16(21)20(2)12-15/h3-7,13,15H,8-12H2,1-2H3,(H2,18,19,22)/t13-,15-/m0/s1. The van der Waals surface area contributed by atoms with Gasteiger partial charge in [0.25, 0.3) is 0 Å². The van der Waals surface area contributed by atoms with Gasteiger partial charge in [0, 0.05) is 32.6 Å². The van der Waals surface area contributed by atoms with Gasteiger partial charge in [0.15, 0.2) is 0 Å². The third kappa shape index (κ3) is 4.76. The highest BCUT2D eigenvalue weighted by molar-refractivity contribution is 5.78. The predicted molar refractivity (Wildman–Crippen MR) is 86.7 cm³/mol. The Kier molecular flexibility index (Phi) is 5.81. The van der Waals surface area contributed by atoms with Crippen LogP contribution in [0.15, 0.2) is 30.3 Å². The molecule has 1 aromatic rings. The van der Waals surface area contributed by atoms with Gasteiger partial charge in [0.1, 0.15) is 0 Å². The maximum Gasteiger partial charge on any atom is 0.315 e. The van der Waals surface area contributed by atoms with Gasteiger partial charge in [-0.15, -0.1) is 0 Å². The lowest BCUT2D eigenvalue weighted by atomic mass is 9.98. The first-order valence-corrected chi connectivity index (χ1v) is 7.89. The second kappa shape index (κ2) is 7.82. The molecule has 0 aliphatic carbocycles. The van der Waals surface area contributed by atoms with Crippen molar-refractivity contribution in [2.75, 3.05) is 20.1 Å². The second-order valence-corrected chi connectivity index (χ2v) is 6.01. The van der Waals surface area contributed by atoms with Crippen molar-refractivity contribution in [2.24, 2.45) is 0 Å². The normalized spacial score (nSPS) is 19.6. The van der Waals surface area contributed by atoms with Gasteiger partial charge in [-0.2, -0.15) is 0 Å². The number of nitrogens with zero attached hydrogens (tertiary/aromatic N) is 1. The molecule has 1 heterocycles. The summed E-state index contributed by atoms with van der Waals surface area (Å²) in [6.45, 7) is 3.40. The number of hydrogen-bond acceptors (Lipinski definition) is 2. The van der Waals surface area contributed by atoms with Crippen LogP contribution in [0.1, 0.15) is 37.7 Å². The summed E-state index contributed by atoms with van der Waals surface area (Å²) in [5.41, 5.74) is 1.29. The van der Waals surface area contributed by atoms with E-state index in [4.69, 9.17) is 0 Å². The smallest absolute Gasteiger partial charge is 0.315 e. The Bertz CT molecular complexity index is 504. The third-order valence-corrected chi connectivity index (χ3v) is 4.19. The van der Waals surface area contributed by atoms with Crippen molar-refractivity contribution >= 4 is 11.9 Å². The number of amides is 3. The second-order valence-electron chi connectivity index (χ2n) is 6.01. The van der Waals surface area contributed by atoms with Gasteiger partial charge in [-0.25, -0.2) is 4.79 Å². The van der Waals surface area contributed by atoms with Crippen LogP contribution in [0.2, 0.25) is 0 Å². The van der Waals surface area contributed by atoms with Gasteiger partial charge < -0.3 is 15.5 Å². The highest BCUT2D eigenvalue weighted by Gasteiger charge is 2.23. The summed E-state index contributed by atoms with van der Waals surface area (Å²) < 4.78 is 0. The first-order chi connectivity index (χ1) is 10.6. The van der Waals surface area contributed by atoms with Crippen LogP contribution in [0.4, 0.5) is 4.79 Å². The Hall–Kier alpha value is -2.04. The Morgan fingerprint density at radius 2 is 2.09 bits per heavy atom. The molecule has 0 saturated carbocycles. The minimum absolute atomic E-state index is 0.0502. The topological polar surface area (TPSA) is 61.4 Å². The number of likely N-dealkylation sites (tertiary alicyclic amines) is 1. The Morgan fingerprint density at radius 3 is 2.77 bits per heavy atom. The predicted octanol–water partition coefficient (Wildman–Crippen LogP) is 2.10. The van der Waals surface area contributed by atoms with E-state index >= 15 is 0 Å². The molecule has 5 nitrogen and oxygen atoms in total. The van der Waals surface area contributed by atoms with E-state index in [9.17, 15) is 9.59 Å². The van der Waals surface area contributed by atoms with E-state index in [0.29, 0.717) is 25.4 Å². The van der Waals surface area contributed by atoms with E-state index in [1.54, 1.807) is 11.9 Å². The van der Waals surface area contributed by atoms with E-state index in [1.165, 1.54) is 5.56 Å². The summed E-state index contributed by atoms with van der Waals surface area (Å²) >= 11 is 0. The first kappa shape index (κ1) is 16.3. The van der Waals surface area contributed by atoms with Crippen LogP contribution in [-0.4, -0.2) is 43.0 Å². The van der Waals surface area contributed by atoms with Crippen LogP contribution in [0.25, 0.3) is 0 Å². The first-order valence-electron chi connectivity index (χ1n) is 7.89. The number of hydrogen-bond donors (Lipinski definition) is 2. The van der Waals surface area contributed by atoms with E-state index in [0.717, 1.165) is 12.8 Å². The number of urea groups is 1. The number of nitrogens with one attached hydrogen (secondary N) is 2. The van der Waals surface area contributed by atoms with Crippen molar-refractivity contribution in [3.8, 4) is 0 Å². The van der Waals surface area contributed by atoms with Gasteiger partial charge in [0.2, 0.25) is 5.91 Å². The van der Waals surface area contributed by atoms with Crippen molar-refractivity contribution in [1.29, 1.82) is 0 Å². The van der Waals surface area contributed by atoms with E-state index in [-0.39, 0.29) is 18.0 Å². The molecule has 0 bridgehead atoms. The molecule has 0 unspecified atom stereocenters. The molecule has 0 spiro atoms. The molecule has 5 heteroatoms. The molecule has 1 aliphatic rings. The van der Waals surface area contributed by atoms with Crippen molar-refractivity contribution in [3.63, 3.8) is 0 Å². The van der Waals surface area contributed by atoms with Crippen LogP contribution in [-0.2, 0) is 4.79 Å². The van der Waals surface area contributed by atoms with E-state index < -0.39 is 0 Å². The molecule has 2 atom stereocenters. The monoisotopic (exact) mass is 303 g/mol. The summed E-state index contributed by atoms with van der Waals surface area (Å²) in [6, 6.07) is 10.2. The van der Waals surface area contributed by atoms with E-state index in [2.05, 4.69) is 29.7 Å². The van der Waals surface area contributed by atoms with Crippen molar-refractivity contribution < 1.29 is 9.59 Å². The fraction of sp³-hybridized carbons (Fsp3) is 0.529. The fourth-order valence-corrected chi connectivity index (χ4v) is 2.72. The molecular formula is C17H25N3O2. The summed E-state index contributed by atoms with van der Waals surface area (Å²) in [7, 11) is 1.77. The minimum atomic E-state index is -0.145. The Labute approximate surface area is 132 Å². The number of benzene rings is 1. The number of piperidine rings is 1. The molecule has 1 fully saturated rings. The molecule has 120 valence electrons.